The second kappa shape index (κ2) is 10.7. The largest absolute Gasteiger partial charge is 0.573 e. The second-order valence-corrected chi connectivity index (χ2v) is 9.68. The summed E-state index contributed by atoms with van der Waals surface area (Å²) in [5.74, 6) is -0.171. The molecule has 4 rings (SSSR count). The van der Waals surface area contributed by atoms with E-state index >= 15 is 0 Å². The molecule has 1 aromatic heterocycles. The summed E-state index contributed by atoms with van der Waals surface area (Å²) < 4.78 is 43.6. The Morgan fingerprint density at radius 3 is 2.38 bits per heavy atom. The van der Waals surface area contributed by atoms with Gasteiger partial charge in [-0.3, -0.25) is 9.59 Å². The van der Waals surface area contributed by atoms with E-state index in [4.69, 9.17) is 10.1 Å². The lowest BCUT2D eigenvalue weighted by molar-refractivity contribution is -0.274. The summed E-state index contributed by atoms with van der Waals surface area (Å²) in [5, 5.41) is 14.6. The Hall–Kier alpha value is -3.76. The van der Waals surface area contributed by atoms with Crippen LogP contribution in [0.2, 0.25) is 0 Å². The summed E-state index contributed by atoms with van der Waals surface area (Å²) >= 11 is 0. The maximum atomic E-state index is 12.5. The number of carbonyl (C=O) groups is 2. The molecule has 0 aliphatic heterocycles. The number of halogens is 3. The number of hydrogen-bond acceptors (Lipinski definition) is 5. The van der Waals surface area contributed by atoms with Gasteiger partial charge in [0.05, 0.1) is 17.5 Å². The van der Waals surface area contributed by atoms with Crippen molar-refractivity contribution < 1.29 is 32.6 Å². The zero-order valence-corrected chi connectivity index (χ0v) is 20.5. The Morgan fingerprint density at radius 1 is 1.08 bits per heavy atom. The standard InChI is InChI=1S/C26H29F3N4O4/c1-15-11-16(2)13-19(12-15)33-22-8-3-17(24(36)30-10-9-23(34)35)14-21(22)32-25(33)31-18-4-6-20(7-5-18)37-26(27,28)29/h3-8,14-16,19H,9-13H2,1-2H3,(H,30,36)(H,31,32)(H,34,35)/t15-,16?,19?/m1/s1. The predicted octanol–water partition coefficient (Wildman–Crippen LogP) is 5.88. The minimum absolute atomic E-state index is 0.0132. The smallest absolute Gasteiger partial charge is 0.481 e. The highest BCUT2D eigenvalue weighted by atomic mass is 19.4. The first kappa shape index (κ1) is 26.3. The maximum absolute atomic E-state index is 12.5. The number of imidazole rings is 1. The highest BCUT2D eigenvalue weighted by Crippen LogP contribution is 2.40. The molecular weight excluding hydrogens is 489 g/mol. The number of amides is 1. The van der Waals surface area contributed by atoms with Crippen LogP contribution in [0, 0.1) is 11.8 Å². The number of anilines is 2. The lowest BCUT2D eigenvalue weighted by Crippen LogP contribution is -2.26. The van der Waals surface area contributed by atoms with Gasteiger partial charge < -0.3 is 25.0 Å². The molecule has 1 fully saturated rings. The quantitative estimate of drug-likeness (QED) is 0.344. The number of alkyl halides is 3. The molecule has 1 amide bonds. The van der Waals surface area contributed by atoms with Gasteiger partial charge in [-0.1, -0.05) is 13.8 Å². The van der Waals surface area contributed by atoms with Crippen molar-refractivity contribution in [1.29, 1.82) is 0 Å². The minimum atomic E-state index is -4.77. The SMILES string of the molecule is CC1CC(n2c(Nc3ccc(OC(F)(F)F)cc3)nc3cc(C(=O)NCCC(=O)O)ccc32)C[C@H](C)C1. The average Bonchev–Trinajstić information content (AvgIpc) is 3.15. The highest BCUT2D eigenvalue weighted by Gasteiger charge is 2.31. The van der Waals surface area contributed by atoms with E-state index in [0.717, 1.165) is 24.8 Å². The summed E-state index contributed by atoms with van der Waals surface area (Å²) in [6.07, 6.45) is -1.93. The number of carboxylic acid groups (broad SMARTS) is 1. The van der Waals surface area contributed by atoms with Crippen LogP contribution in [-0.2, 0) is 4.79 Å². The molecule has 198 valence electrons. The number of fused-ring (bicyclic) bond motifs is 1. The molecule has 0 saturated heterocycles. The average molecular weight is 519 g/mol. The van der Waals surface area contributed by atoms with Crippen LogP contribution in [0.4, 0.5) is 24.8 Å². The van der Waals surface area contributed by atoms with Crippen molar-refractivity contribution in [2.24, 2.45) is 11.8 Å². The van der Waals surface area contributed by atoms with E-state index in [2.05, 4.69) is 33.8 Å². The van der Waals surface area contributed by atoms with Crippen LogP contribution in [0.15, 0.2) is 42.5 Å². The normalized spacial score (nSPS) is 20.0. The number of ether oxygens (including phenoxy) is 1. The van der Waals surface area contributed by atoms with Crippen LogP contribution < -0.4 is 15.4 Å². The van der Waals surface area contributed by atoms with E-state index in [9.17, 15) is 22.8 Å². The van der Waals surface area contributed by atoms with Gasteiger partial charge in [0.25, 0.3) is 5.91 Å². The third kappa shape index (κ3) is 6.72. The first-order valence-electron chi connectivity index (χ1n) is 12.1. The molecule has 2 unspecified atom stereocenters. The lowest BCUT2D eigenvalue weighted by Gasteiger charge is -2.33. The summed E-state index contributed by atoms with van der Waals surface area (Å²) in [7, 11) is 0. The first-order chi connectivity index (χ1) is 17.5. The molecule has 3 aromatic rings. The first-order valence-corrected chi connectivity index (χ1v) is 12.1. The molecule has 2 aromatic carbocycles. The number of nitrogens with zero attached hydrogens (tertiary/aromatic N) is 2. The fourth-order valence-corrected chi connectivity index (χ4v) is 5.07. The van der Waals surface area contributed by atoms with E-state index in [0.29, 0.717) is 34.6 Å². The summed E-state index contributed by atoms with van der Waals surface area (Å²) in [6.45, 7) is 4.45. The predicted molar refractivity (Wildman–Crippen MR) is 132 cm³/mol. The molecule has 0 spiro atoms. The van der Waals surface area contributed by atoms with Crippen molar-refractivity contribution in [1.82, 2.24) is 14.9 Å². The molecule has 1 aliphatic carbocycles. The number of aromatic nitrogens is 2. The summed E-state index contributed by atoms with van der Waals surface area (Å²) in [5.41, 5.74) is 2.30. The number of benzene rings is 2. The van der Waals surface area contributed by atoms with Crippen molar-refractivity contribution in [3.63, 3.8) is 0 Å². The number of carboxylic acids is 1. The molecule has 11 heteroatoms. The second-order valence-electron chi connectivity index (χ2n) is 9.68. The van der Waals surface area contributed by atoms with E-state index in [1.807, 2.05) is 6.07 Å². The molecule has 0 bridgehead atoms. The third-order valence-electron chi connectivity index (χ3n) is 6.44. The number of rotatable bonds is 8. The fraction of sp³-hybridized carbons (Fsp3) is 0.423. The molecule has 3 atom stereocenters. The zero-order chi connectivity index (χ0) is 26.7. The summed E-state index contributed by atoms with van der Waals surface area (Å²) in [6, 6.07) is 10.7. The Kier molecular flexibility index (Phi) is 7.60. The van der Waals surface area contributed by atoms with Crippen molar-refractivity contribution in [2.45, 2.75) is 51.9 Å². The number of hydrogen-bond donors (Lipinski definition) is 3. The molecule has 1 aliphatic rings. The minimum Gasteiger partial charge on any atom is -0.481 e. The summed E-state index contributed by atoms with van der Waals surface area (Å²) in [4.78, 5) is 28.0. The van der Waals surface area contributed by atoms with Gasteiger partial charge in [-0.25, -0.2) is 4.98 Å². The Balaban J connectivity index is 1.66. The Bertz CT molecular complexity index is 1260. The van der Waals surface area contributed by atoms with Crippen LogP contribution in [0.25, 0.3) is 11.0 Å². The van der Waals surface area contributed by atoms with Crippen molar-refractivity contribution in [3.05, 3.63) is 48.0 Å². The van der Waals surface area contributed by atoms with Crippen molar-refractivity contribution in [3.8, 4) is 5.75 Å². The molecule has 37 heavy (non-hydrogen) atoms. The van der Waals surface area contributed by atoms with E-state index in [-0.39, 0.29) is 24.8 Å². The van der Waals surface area contributed by atoms with E-state index < -0.39 is 18.2 Å². The Labute approximate surface area is 211 Å². The van der Waals surface area contributed by atoms with Crippen molar-refractivity contribution >= 4 is 34.5 Å². The van der Waals surface area contributed by atoms with E-state index in [1.54, 1.807) is 12.1 Å². The highest BCUT2D eigenvalue weighted by molar-refractivity contribution is 5.98. The lowest BCUT2D eigenvalue weighted by atomic mass is 9.80. The van der Waals surface area contributed by atoms with Crippen LogP contribution in [-0.4, -0.2) is 39.4 Å². The fourth-order valence-electron chi connectivity index (χ4n) is 5.07. The molecule has 0 radical (unpaired) electrons. The van der Waals surface area contributed by atoms with Crippen LogP contribution in [0.1, 0.15) is 55.9 Å². The van der Waals surface area contributed by atoms with Gasteiger partial charge in [0.1, 0.15) is 5.75 Å². The van der Waals surface area contributed by atoms with Gasteiger partial charge in [-0.05, 0) is 73.6 Å². The van der Waals surface area contributed by atoms with Crippen molar-refractivity contribution in [2.75, 3.05) is 11.9 Å². The van der Waals surface area contributed by atoms with Gasteiger partial charge in [-0.15, -0.1) is 13.2 Å². The van der Waals surface area contributed by atoms with Crippen LogP contribution >= 0.6 is 0 Å². The van der Waals surface area contributed by atoms with Gasteiger partial charge >= 0.3 is 12.3 Å². The topological polar surface area (TPSA) is 105 Å². The molecule has 1 saturated carbocycles. The molecule has 8 nitrogen and oxygen atoms in total. The number of nitrogens with one attached hydrogen (secondary N) is 2. The van der Waals surface area contributed by atoms with Gasteiger partial charge in [0, 0.05) is 23.8 Å². The molecular formula is C26H29F3N4O4. The zero-order valence-electron chi connectivity index (χ0n) is 20.5. The van der Waals surface area contributed by atoms with Gasteiger partial charge in [0.15, 0.2) is 0 Å². The maximum Gasteiger partial charge on any atom is 0.573 e. The van der Waals surface area contributed by atoms with E-state index in [1.165, 1.54) is 24.3 Å². The third-order valence-corrected chi connectivity index (χ3v) is 6.44. The van der Waals surface area contributed by atoms with Gasteiger partial charge in [-0.2, -0.15) is 0 Å². The number of aliphatic carboxylic acids is 1. The molecule has 3 N–H and O–H groups in total. The Morgan fingerprint density at radius 2 is 1.76 bits per heavy atom. The van der Waals surface area contributed by atoms with Crippen LogP contribution in [0.5, 0.6) is 5.75 Å². The van der Waals surface area contributed by atoms with Gasteiger partial charge in [0.2, 0.25) is 5.95 Å². The number of carbonyl (C=O) groups excluding carboxylic acids is 1. The monoisotopic (exact) mass is 518 g/mol. The molecule has 1 heterocycles. The van der Waals surface area contributed by atoms with Crippen LogP contribution in [0.3, 0.4) is 0 Å².